The predicted octanol–water partition coefficient (Wildman–Crippen LogP) is 5.86. The molecule has 2 aromatic carbocycles. The summed E-state index contributed by atoms with van der Waals surface area (Å²) in [6, 6.07) is 19.5. The molecule has 1 fully saturated rings. The molecule has 43 heavy (non-hydrogen) atoms. The number of nitrogens with zero attached hydrogens (tertiary/aromatic N) is 1. The smallest absolute Gasteiger partial charge is 0.358 e. The number of nitrogens with one attached hydrogen (secondary N) is 2. The van der Waals surface area contributed by atoms with E-state index in [0.717, 1.165) is 31.2 Å². The first kappa shape index (κ1) is 33.7. The Bertz CT molecular complexity index is 1380. The number of rotatable bonds is 12. The van der Waals surface area contributed by atoms with Crippen LogP contribution < -0.4 is 15.6 Å². The first-order valence-corrected chi connectivity index (χ1v) is 17.7. The molecule has 1 aliphatic rings. The van der Waals surface area contributed by atoms with Crippen molar-refractivity contribution in [3.8, 4) is 5.75 Å². The van der Waals surface area contributed by atoms with Crippen LogP contribution in [0.2, 0.25) is 18.1 Å². The maximum absolute atomic E-state index is 12.7. The molecule has 232 valence electrons. The third-order valence-electron chi connectivity index (χ3n) is 8.41. The van der Waals surface area contributed by atoms with E-state index in [1.54, 1.807) is 0 Å². The molecule has 0 bridgehead atoms. The van der Waals surface area contributed by atoms with Gasteiger partial charge in [-0.15, -0.1) is 0 Å². The van der Waals surface area contributed by atoms with Crippen molar-refractivity contribution in [3.05, 3.63) is 93.7 Å². The summed E-state index contributed by atoms with van der Waals surface area (Å²) in [4.78, 5) is 41.6. The number of hydrogen-bond acceptors (Lipinski definition) is 6. The number of carboxylic acid groups (broad SMARTS) is 1. The lowest BCUT2D eigenvalue weighted by molar-refractivity contribution is -0.109. The van der Waals surface area contributed by atoms with E-state index >= 15 is 0 Å². The fourth-order valence-electron chi connectivity index (χ4n) is 4.97. The molecule has 9 nitrogen and oxygen atoms in total. The minimum atomic E-state index is -1.61. The first-order valence-electron chi connectivity index (χ1n) is 14.8. The highest BCUT2D eigenvalue weighted by Gasteiger charge is 2.38. The van der Waals surface area contributed by atoms with Crippen molar-refractivity contribution >= 4 is 20.7 Å². The number of carbonyl (C=O) groups excluding carboxylic acids is 1. The highest BCUT2D eigenvalue weighted by molar-refractivity contribution is 6.74. The van der Waals surface area contributed by atoms with E-state index in [1.807, 2.05) is 48.5 Å². The van der Waals surface area contributed by atoms with Crippen LogP contribution in [-0.4, -0.2) is 48.9 Å². The van der Waals surface area contributed by atoms with Crippen LogP contribution in [0.25, 0.3) is 0 Å². The monoisotopic (exact) mass is 607 g/mol. The molecule has 1 aliphatic carbocycles. The molecule has 0 spiro atoms. The van der Waals surface area contributed by atoms with Crippen LogP contribution in [0, 0.1) is 0 Å². The van der Waals surface area contributed by atoms with E-state index in [-0.39, 0.29) is 28.5 Å². The summed E-state index contributed by atoms with van der Waals surface area (Å²) in [5.41, 5.74) is 0.998. The SMILES string of the molecule is CC(C)(C)[Si](C)(C)OCCNC=O.O=C(O)c1nc(CC2(c3ccccc3)CCCC2)[nH]c(=O)c1OCc1ccccc1. The number of aromatic amines is 1. The average molecular weight is 608 g/mol. The minimum absolute atomic E-state index is 0.0964. The molecule has 0 radical (unpaired) electrons. The predicted molar refractivity (Wildman–Crippen MR) is 170 cm³/mol. The van der Waals surface area contributed by atoms with Crippen LogP contribution in [0.4, 0.5) is 0 Å². The summed E-state index contributed by atoms with van der Waals surface area (Å²) < 4.78 is 11.4. The zero-order chi connectivity index (χ0) is 31.5. The molecule has 3 aromatic rings. The second-order valence-corrected chi connectivity index (χ2v) is 17.3. The average Bonchev–Trinajstić information content (AvgIpc) is 3.45. The molecule has 0 unspecified atom stereocenters. The van der Waals surface area contributed by atoms with E-state index in [4.69, 9.17) is 9.16 Å². The van der Waals surface area contributed by atoms with Crippen LogP contribution in [0.3, 0.4) is 0 Å². The van der Waals surface area contributed by atoms with Crippen molar-refractivity contribution in [2.45, 2.75) is 83.0 Å². The van der Waals surface area contributed by atoms with Gasteiger partial charge in [0.2, 0.25) is 12.2 Å². The second kappa shape index (κ2) is 15.1. The number of carboxylic acids is 1. The molecule has 4 rings (SSSR count). The minimum Gasteiger partial charge on any atom is -0.481 e. The summed E-state index contributed by atoms with van der Waals surface area (Å²) >= 11 is 0. The molecule has 0 atom stereocenters. The van der Waals surface area contributed by atoms with Gasteiger partial charge in [-0.05, 0) is 42.1 Å². The van der Waals surface area contributed by atoms with Crippen LogP contribution in [-0.2, 0) is 27.7 Å². The van der Waals surface area contributed by atoms with Crippen molar-refractivity contribution in [1.82, 2.24) is 15.3 Å². The Morgan fingerprint density at radius 1 is 1.07 bits per heavy atom. The number of aromatic carboxylic acids is 1. The fourth-order valence-corrected chi connectivity index (χ4v) is 6.02. The highest BCUT2D eigenvalue weighted by atomic mass is 28.4. The Balaban J connectivity index is 0.000000331. The Morgan fingerprint density at radius 2 is 1.67 bits per heavy atom. The lowest BCUT2D eigenvalue weighted by Crippen LogP contribution is -2.42. The van der Waals surface area contributed by atoms with Gasteiger partial charge in [0, 0.05) is 18.4 Å². The van der Waals surface area contributed by atoms with E-state index < -0.39 is 19.8 Å². The Kier molecular flexibility index (Phi) is 11.9. The topological polar surface area (TPSA) is 131 Å². The van der Waals surface area contributed by atoms with Crippen LogP contribution in [0.5, 0.6) is 5.75 Å². The maximum atomic E-state index is 12.7. The van der Waals surface area contributed by atoms with Crippen LogP contribution in [0.15, 0.2) is 65.5 Å². The third-order valence-corrected chi connectivity index (χ3v) is 12.9. The van der Waals surface area contributed by atoms with E-state index in [9.17, 15) is 19.5 Å². The van der Waals surface area contributed by atoms with Gasteiger partial charge < -0.3 is 24.6 Å². The van der Waals surface area contributed by atoms with Gasteiger partial charge >= 0.3 is 5.97 Å². The number of H-pyrrole nitrogens is 1. The molecule has 0 saturated heterocycles. The van der Waals surface area contributed by atoms with E-state index in [0.29, 0.717) is 31.8 Å². The molecular formula is C33H45N3O6Si. The Morgan fingerprint density at radius 3 is 2.23 bits per heavy atom. The zero-order valence-corrected chi connectivity index (χ0v) is 26.9. The number of hydrogen-bond donors (Lipinski definition) is 3. The lowest BCUT2D eigenvalue weighted by Gasteiger charge is -2.36. The summed E-state index contributed by atoms with van der Waals surface area (Å²) in [5.74, 6) is -1.14. The van der Waals surface area contributed by atoms with Crippen molar-refractivity contribution in [3.63, 3.8) is 0 Å². The molecule has 0 aliphatic heterocycles. The second-order valence-electron chi connectivity index (χ2n) is 12.5. The normalized spacial score (nSPS) is 14.3. The summed E-state index contributed by atoms with van der Waals surface area (Å²) in [5, 5.41) is 12.5. The number of amides is 1. The molecule has 1 saturated carbocycles. The third kappa shape index (κ3) is 9.36. The largest absolute Gasteiger partial charge is 0.481 e. The number of benzene rings is 2. The number of aromatic nitrogens is 2. The van der Waals surface area contributed by atoms with Gasteiger partial charge in [-0.2, -0.15) is 0 Å². The Hall–Kier alpha value is -3.76. The number of ether oxygens (including phenoxy) is 1. The quantitative estimate of drug-likeness (QED) is 0.134. The molecule has 10 heteroatoms. The van der Waals surface area contributed by atoms with Gasteiger partial charge in [0.05, 0.1) is 6.61 Å². The van der Waals surface area contributed by atoms with Gasteiger partial charge in [0.1, 0.15) is 12.4 Å². The number of carbonyl (C=O) groups is 2. The first-order chi connectivity index (χ1) is 20.4. The van der Waals surface area contributed by atoms with Crippen LogP contribution >= 0.6 is 0 Å². The van der Waals surface area contributed by atoms with Gasteiger partial charge in [0.15, 0.2) is 14.0 Å². The molecule has 1 aromatic heterocycles. The summed E-state index contributed by atoms with van der Waals surface area (Å²) in [7, 11) is -1.61. The van der Waals surface area contributed by atoms with E-state index in [1.165, 1.54) is 5.56 Å². The van der Waals surface area contributed by atoms with E-state index in [2.05, 4.69) is 61.3 Å². The van der Waals surface area contributed by atoms with Crippen molar-refractivity contribution in [2.75, 3.05) is 13.2 Å². The maximum Gasteiger partial charge on any atom is 0.358 e. The van der Waals surface area contributed by atoms with Gasteiger partial charge in [-0.25, -0.2) is 9.78 Å². The summed E-state index contributed by atoms with van der Waals surface area (Å²) in [6.45, 7) is 12.3. The van der Waals surface area contributed by atoms with Gasteiger partial charge in [0.25, 0.3) is 5.56 Å². The molecular weight excluding hydrogens is 562 g/mol. The Labute approximate surface area is 255 Å². The molecule has 1 heterocycles. The standard InChI is InChI=1S/C24H24N2O4.C9H21NO2Si/c27-22-21(30-16-17-9-3-1-4-10-17)20(23(28)29)25-19(26-22)15-24(13-7-8-14-24)18-11-5-2-6-12-18;1-9(2,3)13(4,5)12-7-6-10-8-11/h1-6,9-12H,7-8,13-16H2,(H,28,29)(H,25,26,27);8H,6-7H2,1-5H3,(H,10,11). The summed E-state index contributed by atoms with van der Waals surface area (Å²) in [6.07, 6.45) is 5.36. The van der Waals surface area contributed by atoms with Crippen LogP contribution in [0.1, 0.15) is 73.9 Å². The fraction of sp³-hybridized carbons (Fsp3) is 0.455. The molecule has 3 N–H and O–H groups in total. The molecule has 1 amide bonds. The van der Waals surface area contributed by atoms with Crippen molar-refractivity contribution < 1.29 is 23.9 Å². The zero-order valence-electron chi connectivity index (χ0n) is 25.9. The van der Waals surface area contributed by atoms with Crippen molar-refractivity contribution in [2.24, 2.45) is 0 Å². The van der Waals surface area contributed by atoms with Gasteiger partial charge in [-0.1, -0.05) is 94.3 Å². The van der Waals surface area contributed by atoms with Crippen molar-refractivity contribution in [1.29, 1.82) is 0 Å². The van der Waals surface area contributed by atoms with Gasteiger partial charge in [-0.3, -0.25) is 9.59 Å². The highest BCUT2D eigenvalue weighted by Crippen LogP contribution is 2.43. The lowest BCUT2D eigenvalue weighted by atomic mass is 9.76.